The van der Waals surface area contributed by atoms with Gasteiger partial charge in [-0.15, -0.1) is 0 Å². The Labute approximate surface area is 156 Å². The van der Waals surface area contributed by atoms with Crippen LogP contribution in [0, 0.1) is 5.82 Å². The molecular formula is C18H18ClFN2O3S. The Balaban J connectivity index is 1.83. The van der Waals surface area contributed by atoms with Crippen molar-refractivity contribution < 1.29 is 17.6 Å². The molecule has 8 heteroatoms. The Hall–Kier alpha value is -2.12. The highest BCUT2D eigenvalue weighted by Crippen LogP contribution is 2.24. The maximum Gasteiger partial charge on any atom is 0.261 e. The van der Waals surface area contributed by atoms with E-state index < -0.39 is 15.8 Å². The molecular weight excluding hydrogens is 379 g/mol. The molecule has 1 fully saturated rings. The maximum absolute atomic E-state index is 13.0. The van der Waals surface area contributed by atoms with Gasteiger partial charge in [0.15, 0.2) is 0 Å². The summed E-state index contributed by atoms with van der Waals surface area (Å²) in [5, 5.41) is 3.07. The van der Waals surface area contributed by atoms with E-state index in [1.165, 1.54) is 30.3 Å². The molecule has 2 aromatic carbocycles. The van der Waals surface area contributed by atoms with E-state index in [-0.39, 0.29) is 33.1 Å². The van der Waals surface area contributed by atoms with Gasteiger partial charge in [0.2, 0.25) is 0 Å². The number of carbonyl (C=O) groups excluding carboxylic acids is 1. The van der Waals surface area contributed by atoms with E-state index in [0.29, 0.717) is 0 Å². The minimum absolute atomic E-state index is 0.0937. The number of rotatable bonds is 5. The van der Waals surface area contributed by atoms with Crippen LogP contribution in [0.15, 0.2) is 47.4 Å². The Morgan fingerprint density at radius 1 is 1.08 bits per heavy atom. The van der Waals surface area contributed by atoms with Gasteiger partial charge in [0, 0.05) is 11.7 Å². The quantitative estimate of drug-likeness (QED) is 0.803. The first-order valence-corrected chi connectivity index (χ1v) is 10.1. The molecule has 0 aromatic heterocycles. The van der Waals surface area contributed by atoms with Crippen LogP contribution in [-0.2, 0) is 10.0 Å². The van der Waals surface area contributed by atoms with Crippen LogP contribution < -0.4 is 10.0 Å². The predicted octanol–water partition coefficient (Wildman–Crippen LogP) is 3.95. The summed E-state index contributed by atoms with van der Waals surface area (Å²) < 4.78 is 40.4. The lowest BCUT2D eigenvalue weighted by Gasteiger charge is -2.14. The lowest BCUT2D eigenvalue weighted by Crippen LogP contribution is -2.32. The molecule has 1 aliphatic carbocycles. The van der Waals surface area contributed by atoms with Crippen LogP contribution >= 0.6 is 11.6 Å². The molecule has 0 unspecified atom stereocenters. The second-order valence-corrected chi connectivity index (χ2v) is 8.30. The predicted molar refractivity (Wildman–Crippen MR) is 98.4 cm³/mol. The number of nitrogens with one attached hydrogen (secondary N) is 2. The van der Waals surface area contributed by atoms with E-state index in [9.17, 15) is 17.6 Å². The third-order valence-corrected chi connectivity index (χ3v) is 5.99. The average Bonchev–Trinajstić information content (AvgIpc) is 3.10. The van der Waals surface area contributed by atoms with E-state index in [0.717, 1.165) is 37.8 Å². The van der Waals surface area contributed by atoms with Crippen molar-refractivity contribution >= 4 is 33.2 Å². The number of amides is 1. The summed E-state index contributed by atoms with van der Waals surface area (Å²) in [6.45, 7) is 0. The summed E-state index contributed by atoms with van der Waals surface area (Å²) >= 11 is 6.09. The molecule has 0 aliphatic heterocycles. The fourth-order valence-electron chi connectivity index (χ4n) is 2.91. The molecule has 0 bridgehead atoms. The molecule has 0 radical (unpaired) electrons. The van der Waals surface area contributed by atoms with Gasteiger partial charge in [-0.2, -0.15) is 0 Å². The Kier molecular flexibility index (Phi) is 5.48. The van der Waals surface area contributed by atoms with Crippen molar-refractivity contribution in [2.75, 3.05) is 4.72 Å². The van der Waals surface area contributed by atoms with E-state index in [2.05, 4.69) is 10.0 Å². The summed E-state index contributed by atoms with van der Waals surface area (Å²) in [5.41, 5.74) is 0.332. The van der Waals surface area contributed by atoms with Gasteiger partial charge in [0.05, 0.1) is 15.5 Å². The smallest absolute Gasteiger partial charge is 0.261 e. The van der Waals surface area contributed by atoms with Gasteiger partial charge in [-0.3, -0.25) is 9.52 Å². The zero-order valence-electron chi connectivity index (χ0n) is 13.8. The normalized spacial score (nSPS) is 15.0. The lowest BCUT2D eigenvalue weighted by atomic mass is 10.2. The molecule has 26 heavy (non-hydrogen) atoms. The van der Waals surface area contributed by atoms with Gasteiger partial charge in [-0.05, 0) is 55.3 Å². The second kappa shape index (κ2) is 7.63. The maximum atomic E-state index is 13.0. The zero-order valence-corrected chi connectivity index (χ0v) is 15.4. The van der Waals surface area contributed by atoms with Crippen LogP contribution in [0.2, 0.25) is 5.02 Å². The first-order chi connectivity index (χ1) is 12.3. The third kappa shape index (κ3) is 4.34. The molecule has 1 saturated carbocycles. The molecule has 138 valence electrons. The number of benzene rings is 2. The standard InChI is InChI=1S/C18H18ClFN2O3S/c19-17-10-9-15(11-16(17)18(23)21-13-3-1-2-4-13)26(24,25)22-14-7-5-12(20)6-8-14/h5-11,13,22H,1-4H2,(H,21,23). The Morgan fingerprint density at radius 3 is 2.38 bits per heavy atom. The van der Waals surface area contributed by atoms with Crippen molar-refractivity contribution in [2.24, 2.45) is 0 Å². The summed E-state index contributed by atoms with van der Waals surface area (Å²) in [6.07, 6.45) is 3.95. The van der Waals surface area contributed by atoms with Crippen molar-refractivity contribution in [1.82, 2.24) is 5.32 Å². The minimum atomic E-state index is -3.94. The van der Waals surface area contributed by atoms with Gasteiger partial charge in [0.25, 0.3) is 15.9 Å². The lowest BCUT2D eigenvalue weighted by molar-refractivity contribution is 0.0938. The van der Waals surface area contributed by atoms with Crippen molar-refractivity contribution in [2.45, 2.75) is 36.6 Å². The molecule has 0 heterocycles. The fraction of sp³-hybridized carbons (Fsp3) is 0.278. The van der Waals surface area contributed by atoms with Crippen LogP contribution in [0.3, 0.4) is 0 Å². The summed E-state index contributed by atoms with van der Waals surface area (Å²) in [6, 6.07) is 8.98. The number of hydrogen-bond acceptors (Lipinski definition) is 3. The van der Waals surface area contributed by atoms with E-state index in [4.69, 9.17) is 11.6 Å². The molecule has 2 N–H and O–H groups in total. The minimum Gasteiger partial charge on any atom is -0.349 e. The van der Waals surface area contributed by atoms with Crippen LogP contribution in [0.5, 0.6) is 0 Å². The van der Waals surface area contributed by atoms with Gasteiger partial charge in [-0.25, -0.2) is 12.8 Å². The highest BCUT2D eigenvalue weighted by Gasteiger charge is 2.22. The van der Waals surface area contributed by atoms with E-state index in [1.54, 1.807) is 0 Å². The molecule has 5 nitrogen and oxygen atoms in total. The van der Waals surface area contributed by atoms with Crippen LogP contribution in [0.1, 0.15) is 36.0 Å². The van der Waals surface area contributed by atoms with Crippen molar-refractivity contribution in [3.8, 4) is 0 Å². The zero-order chi connectivity index (χ0) is 18.7. The van der Waals surface area contributed by atoms with Gasteiger partial charge in [-0.1, -0.05) is 24.4 Å². The molecule has 0 saturated heterocycles. The fourth-order valence-corrected chi connectivity index (χ4v) is 4.20. The molecule has 1 aliphatic rings. The topological polar surface area (TPSA) is 75.3 Å². The number of carbonyl (C=O) groups is 1. The highest BCUT2D eigenvalue weighted by atomic mass is 35.5. The van der Waals surface area contributed by atoms with Gasteiger partial charge in [0.1, 0.15) is 5.82 Å². The Morgan fingerprint density at radius 2 is 1.73 bits per heavy atom. The molecule has 3 rings (SSSR count). The number of halogens is 2. The first kappa shape index (κ1) is 18.7. The van der Waals surface area contributed by atoms with Crippen LogP contribution in [-0.4, -0.2) is 20.4 Å². The van der Waals surface area contributed by atoms with E-state index >= 15 is 0 Å². The number of anilines is 1. The van der Waals surface area contributed by atoms with Gasteiger partial charge >= 0.3 is 0 Å². The summed E-state index contributed by atoms with van der Waals surface area (Å²) in [5.74, 6) is -0.856. The Bertz CT molecular complexity index is 911. The largest absolute Gasteiger partial charge is 0.349 e. The average molecular weight is 397 g/mol. The highest BCUT2D eigenvalue weighted by molar-refractivity contribution is 7.92. The monoisotopic (exact) mass is 396 g/mol. The third-order valence-electron chi connectivity index (χ3n) is 4.28. The number of hydrogen-bond donors (Lipinski definition) is 2. The molecule has 0 atom stereocenters. The first-order valence-electron chi connectivity index (χ1n) is 8.24. The summed E-state index contributed by atoms with van der Waals surface area (Å²) in [4.78, 5) is 12.3. The summed E-state index contributed by atoms with van der Waals surface area (Å²) in [7, 11) is -3.94. The van der Waals surface area contributed by atoms with Crippen molar-refractivity contribution in [1.29, 1.82) is 0 Å². The number of sulfonamides is 1. The van der Waals surface area contributed by atoms with Crippen LogP contribution in [0.4, 0.5) is 10.1 Å². The van der Waals surface area contributed by atoms with Gasteiger partial charge < -0.3 is 5.32 Å². The second-order valence-electron chi connectivity index (χ2n) is 6.21. The van der Waals surface area contributed by atoms with E-state index in [1.807, 2.05) is 0 Å². The van der Waals surface area contributed by atoms with Crippen molar-refractivity contribution in [3.05, 3.63) is 58.9 Å². The molecule has 1 amide bonds. The molecule has 2 aromatic rings. The molecule has 0 spiro atoms. The van der Waals surface area contributed by atoms with Crippen LogP contribution in [0.25, 0.3) is 0 Å². The SMILES string of the molecule is O=C(NC1CCCC1)c1cc(S(=O)(=O)Nc2ccc(F)cc2)ccc1Cl. The van der Waals surface area contributed by atoms with Crippen molar-refractivity contribution in [3.63, 3.8) is 0 Å².